The van der Waals surface area contributed by atoms with E-state index in [0.717, 1.165) is 12.5 Å². The van der Waals surface area contributed by atoms with Crippen molar-refractivity contribution in [1.29, 1.82) is 0 Å². The molecule has 0 bridgehead atoms. The Hall–Kier alpha value is -1.48. The summed E-state index contributed by atoms with van der Waals surface area (Å²) < 4.78 is 32.0. The van der Waals surface area contributed by atoms with E-state index in [-0.39, 0.29) is 5.84 Å². The lowest BCUT2D eigenvalue weighted by Crippen LogP contribution is -2.38. The predicted octanol–water partition coefficient (Wildman–Crippen LogP) is 3.29. The Morgan fingerprint density at radius 1 is 1.27 bits per heavy atom. The third-order valence-corrected chi connectivity index (χ3v) is 6.33. The van der Waals surface area contributed by atoms with Gasteiger partial charge in [-0.2, -0.15) is 0 Å². The number of rotatable bonds is 6. The molecule has 1 saturated carbocycles. The standard InChI is InChI=1S/C18H28N4O3S/c19-18-17-15(20-26(23,24)21-18)4-1-5-16(17)25-12-14-3-2-9-22(11-14)10-8-13-6-7-13/h1,4-5,13-14,20,23-24H,2-3,6-12H2,(H2,19,21). The van der Waals surface area contributed by atoms with Gasteiger partial charge in [-0.3, -0.25) is 13.8 Å². The first-order chi connectivity index (χ1) is 12.5. The number of hydrogen-bond donors (Lipinski definition) is 4. The predicted molar refractivity (Wildman–Crippen MR) is 106 cm³/mol. The zero-order chi connectivity index (χ0) is 18.1. The van der Waals surface area contributed by atoms with Crippen molar-refractivity contribution in [3.05, 3.63) is 23.8 Å². The molecule has 1 aromatic rings. The summed E-state index contributed by atoms with van der Waals surface area (Å²) >= 11 is 0. The van der Waals surface area contributed by atoms with E-state index in [2.05, 4.69) is 14.0 Å². The van der Waals surface area contributed by atoms with Crippen molar-refractivity contribution in [2.24, 2.45) is 22.0 Å². The average Bonchev–Trinajstić information content (AvgIpc) is 3.41. The molecule has 0 radical (unpaired) electrons. The summed E-state index contributed by atoms with van der Waals surface area (Å²) in [4.78, 5) is 2.57. The van der Waals surface area contributed by atoms with E-state index in [0.29, 0.717) is 29.5 Å². The van der Waals surface area contributed by atoms with Crippen LogP contribution in [0.25, 0.3) is 0 Å². The van der Waals surface area contributed by atoms with E-state index in [1.165, 1.54) is 45.2 Å². The molecule has 2 heterocycles. The normalized spacial score (nSPS) is 26.4. The van der Waals surface area contributed by atoms with Crippen LogP contribution in [0.4, 0.5) is 5.69 Å². The molecule has 4 rings (SSSR count). The van der Waals surface area contributed by atoms with Gasteiger partial charge in [0.15, 0.2) is 5.84 Å². The second-order valence-electron chi connectivity index (χ2n) is 7.63. The summed E-state index contributed by atoms with van der Waals surface area (Å²) in [6, 6.07) is 5.42. The number of likely N-dealkylation sites (tertiary alicyclic amines) is 1. The number of amidine groups is 1. The van der Waals surface area contributed by atoms with Crippen LogP contribution in [-0.2, 0) is 0 Å². The number of nitrogens with zero attached hydrogens (tertiary/aromatic N) is 2. The number of fused-ring (bicyclic) bond motifs is 1. The van der Waals surface area contributed by atoms with Crippen molar-refractivity contribution in [2.45, 2.75) is 32.1 Å². The van der Waals surface area contributed by atoms with Crippen molar-refractivity contribution in [3.63, 3.8) is 0 Å². The summed E-state index contributed by atoms with van der Waals surface area (Å²) in [6.45, 7) is 4.14. The Kier molecular flexibility index (Phi) is 5.00. The number of ether oxygens (including phenoxy) is 1. The molecule has 0 aromatic heterocycles. The SMILES string of the molecule is NC1=NS(O)(O)Nc2cccc(OCC3CCCN(CCC4CC4)C3)c21. The van der Waals surface area contributed by atoms with Crippen molar-refractivity contribution >= 4 is 22.5 Å². The lowest BCUT2D eigenvalue weighted by molar-refractivity contribution is 0.128. The highest BCUT2D eigenvalue weighted by atomic mass is 32.3. The first kappa shape index (κ1) is 17.9. The highest BCUT2D eigenvalue weighted by molar-refractivity contribution is 8.24. The number of nitrogens with one attached hydrogen (secondary N) is 1. The quantitative estimate of drug-likeness (QED) is 0.604. The molecular weight excluding hydrogens is 352 g/mol. The highest BCUT2D eigenvalue weighted by Gasteiger charge is 2.27. The maximum atomic E-state index is 9.75. The molecule has 0 amide bonds. The molecule has 26 heavy (non-hydrogen) atoms. The topological polar surface area (TPSA) is 103 Å². The van der Waals surface area contributed by atoms with Gasteiger partial charge in [-0.25, -0.2) is 0 Å². The molecule has 1 atom stereocenters. The fourth-order valence-electron chi connectivity index (χ4n) is 3.82. The van der Waals surface area contributed by atoms with Crippen LogP contribution in [-0.4, -0.2) is 46.1 Å². The molecule has 1 aromatic carbocycles. The molecule has 1 saturated heterocycles. The van der Waals surface area contributed by atoms with Gasteiger partial charge in [-0.05, 0) is 61.4 Å². The second-order valence-corrected chi connectivity index (χ2v) is 9.05. The van der Waals surface area contributed by atoms with E-state index in [1.807, 2.05) is 12.1 Å². The lowest BCUT2D eigenvalue weighted by atomic mass is 9.98. The number of anilines is 1. The van der Waals surface area contributed by atoms with E-state index in [4.69, 9.17) is 10.5 Å². The van der Waals surface area contributed by atoms with Crippen LogP contribution in [0, 0.1) is 11.8 Å². The van der Waals surface area contributed by atoms with Crippen LogP contribution in [0.3, 0.4) is 0 Å². The first-order valence-corrected chi connectivity index (χ1v) is 10.9. The molecule has 2 fully saturated rings. The lowest BCUT2D eigenvalue weighted by Gasteiger charge is -2.34. The zero-order valence-electron chi connectivity index (χ0n) is 14.9. The molecular formula is C18H28N4O3S. The fraction of sp³-hybridized carbons (Fsp3) is 0.611. The smallest absolute Gasteiger partial charge is 0.158 e. The molecule has 8 heteroatoms. The van der Waals surface area contributed by atoms with Gasteiger partial charge in [-0.15, -0.1) is 4.40 Å². The summed E-state index contributed by atoms with van der Waals surface area (Å²) in [5.41, 5.74) is 7.11. The largest absolute Gasteiger partial charge is 0.492 e. The van der Waals surface area contributed by atoms with E-state index < -0.39 is 11.0 Å². The van der Waals surface area contributed by atoms with Crippen LogP contribution < -0.4 is 15.2 Å². The van der Waals surface area contributed by atoms with Crippen molar-refractivity contribution in [1.82, 2.24) is 4.90 Å². The molecule has 3 aliphatic rings. The molecule has 7 nitrogen and oxygen atoms in total. The highest BCUT2D eigenvalue weighted by Crippen LogP contribution is 2.46. The number of hydrogen-bond acceptors (Lipinski definition) is 7. The van der Waals surface area contributed by atoms with Crippen molar-refractivity contribution in [3.8, 4) is 5.75 Å². The molecule has 1 unspecified atom stereocenters. The Morgan fingerprint density at radius 2 is 2.12 bits per heavy atom. The Bertz CT molecular complexity index is 693. The zero-order valence-corrected chi connectivity index (χ0v) is 15.7. The van der Waals surface area contributed by atoms with E-state index in [9.17, 15) is 9.11 Å². The minimum Gasteiger partial charge on any atom is -0.492 e. The first-order valence-electron chi connectivity index (χ1n) is 9.40. The summed E-state index contributed by atoms with van der Waals surface area (Å²) in [5.74, 6) is 2.23. The van der Waals surface area contributed by atoms with Gasteiger partial charge < -0.3 is 15.4 Å². The Labute approximate surface area is 156 Å². The van der Waals surface area contributed by atoms with Crippen LogP contribution in [0.5, 0.6) is 5.75 Å². The minimum atomic E-state index is -3.26. The van der Waals surface area contributed by atoms with Gasteiger partial charge in [0.05, 0.1) is 17.9 Å². The fourth-order valence-corrected chi connectivity index (χ4v) is 4.70. The van der Waals surface area contributed by atoms with Crippen LogP contribution in [0.2, 0.25) is 0 Å². The molecule has 1 aliphatic carbocycles. The van der Waals surface area contributed by atoms with Gasteiger partial charge in [0, 0.05) is 12.5 Å². The third-order valence-electron chi connectivity index (χ3n) is 5.38. The molecule has 5 N–H and O–H groups in total. The van der Waals surface area contributed by atoms with Crippen molar-refractivity contribution in [2.75, 3.05) is 31.0 Å². The Balaban J connectivity index is 1.37. The van der Waals surface area contributed by atoms with Gasteiger partial charge in [0.1, 0.15) is 5.75 Å². The number of piperidine rings is 1. The summed E-state index contributed by atoms with van der Waals surface area (Å²) in [5, 5.41) is 0. The van der Waals surface area contributed by atoms with Gasteiger partial charge in [0.2, 0.25) is 0 Å². The molecule has 144 valence electrons. The monoisotopic (exact) mass is 380 g/mol. The molecule has 0 spiro atoms. The van der Waals surface area contributed by atoms with E-state index in [1.54, 1.807) is 6.07 Å². The summed E-state index contributed by atoms with van der Waals surface area (Å²) in [6.07, 6.45) is 6.57. The van der Waals surface area contributed by atoms with Crippen LogP contribution in [0.15, 0.2) is 22.6 Å². The maximum absolute atomic E-state index is 9.75. The van der Waals surface area contributed by atoms with Crippen LogP contribution >= 0.6 is 11.0 Å². The summed E-state index contributed by atoms with van der Waals surface area (Å²) in [7, 11) is -3.26. The van der Waals surface area contributed by atoms with Crippen LogP contribution in [0.1, 0.15) is 37.7 Å². The minimum absolute atomic E-state index is 0.101. The molecule has 2 aliphatic heterocycles. The van der Waals surface area contributed by atoms with Gasteiger partial charge in [-0.1, -0.05) is 18.9 Å². The Morgan fingerprint density at radius 3 is 2.92 bits per heavy atom. The van der Waals surface area contributed by atoms with Gasteiger partial charge in [0.25, 0.3) is 0 Å². The third kappa shape index (κ3) is 4.25. The maximum Gasteiger partial charge on any atom is 0.158 e. The van der Waals surface area contributed by atoms with Crippen molar-refractivity contribution < 1.29 is 13.8 Å². The second kappa shape index (κ2) is 7.26. The van der Waals surface area contributed by atoms with E-state index >= 15 is 0 Å². The number of benzene rings is 1. The number of nitrogens with two attached hydrogens (primary N) is 1. The van der Waals surface area contributed by atoms with Gasteiger partial charge >= 0.3 is 0 Å². The average molecular weight is 381 g/mol.